The molecule has 2 heterocycles. The number of nitrogen functional groups attached to an aromatic ring is 1. The van der Waals surface area contributed by atoms with Gasteiger partial charge in [-0.3, -0.25) is 0 Å². The zero-order valence-electron chi connectivity index (χ0n) is 10.5. The van der Waals surface area contributed by atoms with Gasteiger partial charge in [0.15, 0.2) is 11.5 Å². The fourth-order valence-electron chi connectivity index (χ4n) is 2.74. The Labute approximate surface area is 110 Å². The number of ether oxygens (including phenoxy) is 2. The van der Waals surface area contributed by atoms with Gasteiger partial charge in [-0.25, -0.2) is 4.98 Å². The third-order valence-electron chi connectivity index (χ3n) is 3.75. The number of imidazole rings is 1. The zero-order valence-corrected chi connectivity index (χ0v) is 10.5. The van der Waals surface area contributed by atoms with E-state index < -0.39 is 0 Å². The monoisotopic (exact) mass is 257 g/mol. The minimum atomic E-state index is 0.257. The van der Waals surface area contributed by atoms with Gasteiger partial charge in [0.05, 0.1) is 5.69 Å². The fraction of sp³-hybridized carbons (Fsp3) is 0.357. The lowest BCUT2D eigenvalue weighted by Crippen LogP contribution is -2.00. The average molecular weight is 257 g/mol. The van der Waals surface area contributed by atoms with E-state index in [2.05, 4.69) is 9.97 Å². The zero-order chi connectivity index (χ0) is 12.8. The molecule has 0 saturated carbocycles. The van der Waals surface area contributed by atoms with Gasteiger partial charge in [0, 0.05) is 23.0 Å². The summed E-state index contributed by atoms with van der Waals surface area (Å²) in [5.41, 5.74) is 10.1. The molecule has 0 radical (unpaired) electrons. The van der Waals surface area contributed by atoms with Crippen LogP contribution < -0.4 is 15.2 Å². The SMILES string of the molecule is Nc1cc2c(cc1-c1nc3c([nH]1)CCCC3)OCO2. The fourth-order valence-corrected chi connectivity index (χ4v) is 2.74. The van der Waals surface area contributed by atoms with Crippen molar-refractivity contribution in [1.82, 2.24) is 9.97 Å². The molecule has 2 aliphatic rings. The maximum absolute atomic E-state index is 6.09. The lowest BCUT2D eigenvalue weighted by Gasteiger charge is -2.07. The predicted molar refractivity (Wildman–Crippen MR) is 71.2 cm³/mol. The van der Waals surface area contributed by atoms with Gasteiger partial charge in [-0.1, -0.05) is 0 Å². The first kappa shape index (κ1) is 10.7. The number of anilines is 1. The highest BCUT2D eigenvalue weighted by Crippen LogP contribution is 2.39. The first-order valence-corrected chi connectivity index (χ1v) is 6.58. The molecule has 98 valence electrons. The van der Waals surface area contributed by atoms with Crippen molar-refractivity contribution < 1.29 is 9.47 Å². The number of benzene rings is 1. The molecular weight excluding hydrogens is 242 g/mol. The highest BCUT2D eigenvalue weighted by atomic mass is 16.7. The van der Waals surface area contributed by atoms with Gasteiger partial charge in [-0.05, 0) is 31.7 Å². The number of fused-ring (bicyclic) bond motifs is 2. The Morgan fingerprint density at radius 2 is 1.89 bits per heavy atom. The van der Waals surface area contributed by atoms with Gasteiger partial charge in [0.1, 0.15) is 5.82 Å². The van der Waals surface area contributed by atoms with E-state index in [1.807, 2.05) is 6.07 Å². The number of hydrogen-bond acceptors (Lipinski definition) is 4. The third-order valence-corrected chi connectivity index (χ3v) is 3.75. The Balaban J connectivity index is 1.81. The lowest BCUT2D eigenvalue weighted by atomic mass is 10.0. The minimum absolute atomic E-state index is 0.257. The van der Waals surface area contributed by atoms with Crippen molar-refractivity contribution in [1.29, 1.82) is 0 Å². The maximum atomic E-state index is 6.09. The summed E-state index contributed by atoms with van der Waals surface area (Å²) in [5.74, 6) is 2.28. The molecule has 0 fully saturated rings. The molecule has 0 spiro atoms. The number of aromatic amines is 1. The van der Waals surface area contributed by atoms with Crippen molar-refractivity contribution in [2.75, 3.05) is 12.5 Å². The van der Waals surface area contributed by atoms with E-state index in [0.29, 0.717) is 11.4 Å². The Bertz CT molecular complexity index is 625. The van der Waals surface area contributed by atoms with Crippen molar-refractivity contribution >= 4 is 5.69 Å². The summed E-state index contributed by atoms with van der Waals surface area (Å²) in [7, 11) is 0. The maximum Gasteiger partial charge on any atom is 0.231 e. The van der Waals surface area contributed by atoms with Crippen LogP contribution in [0.3, 0.4) is 0 Å². The summed E-state index contributed by atoms with van der Waals surface area (Å²) >= 11 is 0. The first-order chi connectivity index (χ1) is 9.31. The van der Waals surface area contributed by atoms with Crippen LogP contribution in [-0.2, 0) is 12.8 Å². The van der Waals surface area contributed by atoms with Crippen LogP contribution in [0.5, 0.6) is 11.5 Å². The summed E-state index contributed by atoms with van der Waals surface area (Å²) in [4.78, 5) is 8.07. The molecule has 5 nitrogen and oxygen atoms in total. The molecule has 0 saturated heterocycles. The molecule has 3 N–H and O–H groups in total. The summed E-state index contributed by atoms with van der Waals surface area (Å²) in [6.07, 6.45) is 4.57. The van der Waals surface area contributed by atoms with Gasteiger partial charge in [0.25, 0.3) is 0 Å². The van der Waals surface area contributed by atoms with Crippen molar-refractivity contribution in [3.8, 4) is 22.9 Å². The number of nitrogens with two attached hydrogens (primary N) is 1. The summed E-state index contributed by atoms with van der Waals surface area (Å²) in [6.45, 7) is 0.257. The van der Waals surface area contributed by atoms with Crippen LogP contribution in [0.25, 0.3) is 11.4 Å². The van der Waals surface area contributed by atoms with Crippen LogP contribution in [0.4, 0.5) is 5.69 Å². The van der Waals surface area contributed by atoms with Gasteiger partial charge >= 0.3 is 0 Å². The molecule has 1 aliphatic heterocycles. The van der Waals surface area contributed by atoms with E-state index in [9.17, 15) is 0 Å². The molecule has 0 bridgehead atoms. The number of aromatic nitrogens is 2. The van der Waals surface area contributed by atoms with Gasteiger partial charge in [0.2, 0.25) is 6.79 Å². The first-order valence-electron chi connectivity index (χ1n) is 6.58. The second-order valence-corrected chi connectivity index (χ2v) is 5.01. The Morgan fingerprint density at radius 1 is 1.11 bits per heavy atom. The van der Waals surface area contributed by atoms with E-state index in [0.717, 1.165) is 30.0 Å². The summed E-state index contributed by atoms with van der Waals surface area (Å²) in [5, 5.41) is 0. The highest BCUT2D eigenvalue weighted by Gasteiger charge is 2.20. The quantitative estimate of drug-likeness (QED) is 0.769. The number of aryl methyl sites for hydroxylation is 2. The molecule has 1 aromatic carbocycles. The standard InChI is InChI=1S/C14H15N3O2/c15-9-6-13-12(18-7-19-13)5-8(9)14-16-10-3-1-2-4-11(10)17-14/h5-6H,1-4,7,15H2,(H,16,17). The normalized spacial score (nSPS) is 16.4. The molecule has 1 aliphatic carbocycles. The van der Waals surface area contributed by atoms with Crippen molar-refractivity contribution in [3.63, 3.8) is 0 Å². The number of H-pyrrole nitrogens is 1. The van der Waals surface area contributed by atoms with Gasteiger partial charge in [-0.2, -0.15) is 0 Å². The topological polar surface area (TPSA) is 73.2 Å². The van der Waals surface area contributed by atoms with Crippen LogP contribution in [0.15, 0.2) is 12.1 Å². The van der Waals surface area contributed by atoms with Crippen LogP contribution >= 0.6 is 0 Å². The Morgan fingerprint density at radius 3 is 2.74 bits per heavy atom. The molecule has 2 aromatic rings. The molecule has 0 atom stereocenters. The molecule has 19 heavy (non-hydrogen) atoms. The van der Waals surface area contributed by atoms with Crippen LogP contribution in [0.2, 0.25) is 0 Å². The second kappa shape index (κ2) is 3.91. The number of nitrogens with zero attached hydrogens (tertiary/aromatic N) is 1. The molecule has 1 aromatic heterocycles. The Kier molecular flexibility index (Phi) is 2.21. The van der Waals surface area contributed by atoms with E-state index >= 15 is 0 Å². The molecule has 4 rings (SSSR count). The largest absolute Gasteiger partial charge is 0.454 e. The van der Waals surface area contributed by atoms with Gasteiger partial charge in [-0.15, -0.1) is 0 Å². The smallest absolute Gasteiger partial charge is 0.231 e. The van der Waals surface area contributed by atoms with Crippen LogP contribution in [0.1, 0.15) is 24.2 Å². The molecule has 0 unspecified atom stereocenters. The number of rotatable bonds is 1. The summed E-state index contributed by atoms with van der Waals surface area (Å²) < 4.78 is 10.7. The Hall–Kier alpha value is -2.17. The van der Waals surface area contributed by atoms with E-state index in [1.54, 1.807) is 6.07 Å². The molecular formula is C14H15N3O2. The highest BCUT2D eigenvalue weighted by molar-refractivity contribution is 5.76. The molecule has 0 amide bonds. The van der Waals surface area contributed by atoms with Crippen LogP contribution in [-0.4, -0.2) is 16.8 Å². The molecule has 5 heteroatoms. The van der Waals surface area contributed by atoms with E-state index in [-0.39, 0.29) is 6.79 Å². The minimum Gasteiger partial charge on any atom is -0.454 e. The van der Waals surface area contributed by atoms with Crippen molar-refractivity contribution in [3.05, 3.63) is 23.5 Å². The van der Waals surface area contributed by atoms with E-state index in [1.165, 1.54) is 24.2 Å². The summed E-state index contributed by atoms with van der Waals surface area (Å²) in [6, 6.07) is 3.71. The van der Waals surface area contributed by atoms with Gasteiger partial charge < -0.3 is 20.2 Å². The number of hydrogen-bond donors (Lipinski definition) is 2. The predicted octanol–water partition coefficient (Wildman–Crippen LogP) is 2.27. The van der Waals surface area contributed by atoms with Crippen molar-refractivity contribution in [2.45, 2.75) is 25.7 Å². The number of nitrogens with one attached hydrogen (secondary N) is 1. The van der Waals surface area contributed by atoms with Crippen molar-refractivity contribution in [2.24, 2.45) is 0 Å². The van der Waals surface area contributed by atoms with E-state index in [4.69, 9.17) is 15.2 Å². The third kappa shape index (κ3) is 1.65. The second-order valence-electron chi connectivity index (χ2n) is 5.01. The average Bonchev–Trinajstić information content (AvgIpc) is 3.02. The lowest BCUT2D eigenvalue weighted by molar-refractivity contribution is 0.174. The van der Waals surface area contributed by atoms with Crippen LogP contribution in [0, 0.1) is 0 Å².